The number of rotatable bonds is 5. The number of hydrogen-bond acceptors (Lipinski definition) is 4. The second-order valence-corrected chi connectivity index (χ2v) is 2.33. The Morgan fingerprint density at radius 3 is 2.69 bits per heavy atom. The largest absolute Gasteiger partial charge is 0.383 e. The highest BCUT2D eigenvalue weighted by Crippen LogP contribution is 1.99. The van der Waals surface area contributed by atoms with Crippen LogP contribution in [0.25, 0.3) is 0 Å². The van der Waals surface area contributed by atoms with Crippen LogP contribution in [0.3, 0.4) is 0 Å². The minimum atomic E-state index is -0.724. The lowest BCUT2D eigenvalue weighted by atomic mass is 10.2. The van der Waals surface area contributed by atoms with Gasteiger partial charge in [-0.3, -0.25) is 4.89 Å². The molecule has 0 unspecified atom stereocenters. The van der Waals surface area contributed by atoms with E-state index in [2.05, 4.69) is 9.78 Å². The molecule has 0 aromatic carbocycles. The van der Waals surface area contributed by atoms with Crippen molar-refractivity contribution in [3.05, 3.63) is 11.6 Å². The van der Waals surface area contributed by atoms with Crippen molar-refractivity contribution in [1.29, 1.82) is 5.26 Å². The highest BCUT2D eigenvalue weighted by Gasteiger charge is 2.10. The van der Waals surface area contributed by atoms with Gasteiger partial charge in [0.05, 0.1) is 6.61 Å². The van der Waals surface area contributed by atoms with E-state index in [1.165, 1.54) is 6.08 Å². The Kier molecular flexibility index (Phi) is 6.56. The highest BCUT2D eigenvalue weighted by atomic mass is 17.2. The Labute approximate surface area is 77.7 Å². The molecule has 0 radical (unpaired) electrons. The number of carbonyl (C=O) groups is 1. The summed E-state index contributed by atoms with van der Waals surface area (Å²) in [6.07, 6.45) is 2.87. The van der Waals surface area contributed by atoms with Crippen LogP contribution in [-0.4, -0.2) is 12.6 Å². The number of carbonyl (C=O) groups excluding carboxylic acids is 1. The van der Waals surface area contributed by atoms with E-state index in [-0.39, 0.29) is 5.57 Å². The van der Waals surface area contributed by atoms with Gasteiger partial charge in [0.2, 0.25) is 0 Å². The normalized spacial score (nSPS) is 10.7. The summed E-state index contributed by atoms with van der Waals surface area (Å²) >= 11 is 0. The molecule has 0 atom stereocenters. The molecular formula is C9H13NO3. The minimum Gasteiger partial charge on any atom is -0.292 e. The van der Waals surface area contributed by atoms with Crippen molar-refractivity contribution in [2.24, 2.45) is 0 Å². The predicted octanol–water partition coefficient (Wildman–Crippen LogP) is 1.73. The lowest BCUT2D eigenvalue weighted by Gasteiger charge is -1.99. The predicted molar refractivity (Wildman–Crippen MR) is 46.3 cm³/mol. The lowest BCUT2D eigenvalue weighted by molar-refractivity contribution is -0.267. The highest BCUT2D eigenvalue weighted by molar-refractivity contribution is 5.92. The first kappa shape index (κ1) is 11.7. The average Bonchev–Trinajstić information content (AvgIpc) is 2.14. The Bertz CT molecular complexity index is 228. The van der Waals surface area contributed by atoms with Gasteiger partial charge in [0, 0.05) is 0 Å². The maximum absolute atomic E-state index is 11.0. The van der Waals surface area contributed by atoms with Crippen LogP contribution in [0.5, 0.6) is 0 Å². The first-order valence-electron chi connectivity index (χ1n) is 4.20. The topological polar surface area (TPSA) is 59.3 Å². The summed E-state index contributed by atoms with van der Waals surface area (Å²) in [7, 11) is 0. The first-order chi connectivity index (χ1) is 6.26. The Morgan fingerprint density at radius 2 is 2.23 bits per heavy atom. The first-order valence-corrected chi connectivity index (χ1v) is 4.20. The molecule has 0 bridgehead atoms. The van der Waals surface area contributed by atoms with Gasteiger partial charge in [-0.25, -0.2) is 4.79 Å². The van der Waals surface area contributed by atoms with Gasteiger partial charge in [-0.15, -0.1) is 0 Å². The lowest BCUT2D eigenvalue weighted by Crippen LogP contribution is -2.08. The van der Waals surface area contributed by atoms with Crippen LogP contribution in [0.2, 0.25) is 0 Å². The summed E-state index contributed by atoms with van der Waals surface area (Å²) in [6.45, 7) is 4.06. The molecule has 0 aliphatic rings. The molecule has 0 aliphatic carbocycles. The van der Waals surface area contributed by atoms with Crippen LogP contribution in [0.1, 0.15) is 26.7 Å². The summed E-state index contributed by atoms with van der Waals surface area (Å²) < 4.78 is 0. The third kappa shape index (κ3) is 4.99. The molecule has 72 valence electrons. The van der Waals surface area contributed by atoms with E-state index in [0.717, 1.165) is 6.42 Å². The summed E-state index contributed by atoms with van der Waals surface area (Å²) in [6, 6.07) is 1.74. The summed E-state index contributed by atoms with van der Waals surface area (Å²) in [5, 5.41) is 8.51. The van der Waals surface area contributed by atoms with Gasteiger partial charge < -0.3 is 0 Å². The second kappa shape index (κ2) is 7.32. The smallest absolute Gasteiger partial charge is 0.292 e. The number of allylic oxidation sites excluding steroid dienone is 1. The monoisotopic (exact) mass is 183 g/mol. The summed E-state index contributed by atoms with van der Waals surface area (Å²) in [4.78, 5) is 19.9. The van der Waals surface area contributed by atoms with Crippen LogP contribution in [-0.2, 0) is 14.6 Å². The van der Waals surface area contributed by atoms with Crippen LogP contribution < -0.4 is 0 Å². The van der Waals surface area contributed by atoms with Crippen molar-refractivity contribution in [2.75, 3.05) is 6.61 Å². The van der Waals surface area contributed by atoms with E-state index in [0.29, 0.717) is 13.0 Å². The molecule has 0 aliphatic heterocycles. The van der Waals surface area contributed by atoms with Gasteiger partial charge in [-0.2, -0.15) is 10.1 Å². The Morgan fingerprint density at radius 1 is 1.54 bits per heavy atom. The molecule has 4 heteroatoms. The van der Waals surface area contributed by atoms with E-state index in [4.69, 9.17) is 5.26 Å². The van der Waals surface area contributed by atoms with Gasteiger partial charge in [0.25, 0.3) is 0 Å². The van der Waals surface area contributed by atoms with Crippen molar-refractivity contribution in [3.63, 3.8) is 0 Å². The molecule has 4 nitrogen and oxygen atoms in total. The third-order valence-electron chi connectivity index (χ3n) is 1.17. The molecule has 13 heavy (non-hydrogen) atoms. The van der Waals surface area contributed by atoms with Gasteiger partial charge >= 0.3 is 5.97 Å². The number of hydrogen-bond donors (Lipinski definition) is 0. The van der Waals surface area contributed by atoms with Gasteiger partial charge in [-0.1, -0.05) is 19.9 Å². The zero-order valence-corrected chi connectivity index (χ0v) is 7.87. The number of nitriles is 1. The molecule has 0 rings (SSSR count). The van der Waals surface area contributed by atoms with Gasteiger partial charge in [0.1, 0.15) is 11.6 Å². The SMILES string of the molecule is CCC=C(C#N)C(=O)OOCCC. The molecule has 0 N–H and O–H groups in total. The summed E-state index contributed by atoms with van der Waals surface area (Å²) in [5.74, 6) is -0.724. The minimum absolute atomic E-state index is 0.0152. The van der Waals surface area contributed by atoms with E-state index in [9.17, 15) is 4.79 Å². The maximum Gasteiger partial charge on any atom is 0.383 e. The van der Waals surface area contributed by atoms with Crippen LogP contribution in [0.4, 0.5) is 0 Å². The third-order valence-corrected chi connectivity index (χ3v) is 1.17. The average molecular weight is 183 g/mol. The van der Waals surface area contributed by atoms with Crippen molar-refractivity contribution in [3.8, 4) is 6.07 Å². The molecule has 0 saturated heterocycles. The zero-order chi connectivity index (χ0) is 10.1. The molecule has 0 spiro atoms. The van der Waals surface area contributed by atoms with Crippen LogP contribution in [0.15, 0.2) is 11.6 Å². The second-order valence-electron chi connectivity index (χ2n) is 2.33. The molecule has 0 saturated carbocycles. The van der Waals surface area contributed by atoms with Crippen LogP contribution in [0, 0.1) is 11.3 Å². The van der Waals surface area contributed by atoms with Crippen molar-refractivity contribution in [1.82, 2.24) is 0 Å². The molecule has 0 aromatic heterocycles. The molecule has 0 aromatic rings. The van der Waals surface area contributed by atoms with Crippen molar-refractivity contribution < 1.29 is 14.6 Å². The van der Waals surface area contributed by atoms with Gasteiger partial charge in [0.15, 0.2) is 0 Å². The fourth-order valence-corrected chi connectivity index (χ4v) is 0.602. The van der Waals surface area contributed by atoms with Crippen LogP contribution >= 0.6 is 0 Å². The van der Waals surface area contributed by atoms with Crippen molar-refractivity contribution >= 4 is 5.97 Å². The van der Waals surface area contributed by atoms with Crippen molar-refractivity contribution in [2.45, 2.75) is 26.7 Å². The fourth-order valence-electron chi connectivity index (χ4n) is 0.602. The van der Waals surface area contributed by atoms with Gasteiger partial charge in [-0.05, 0) is 12.8 Å². The fraction of sp³-hybridized carbons (Fsp3) is 0.556. The maximum atomic E-state index is 11.0. The molecule has 0 amide bonds. The zero-order valence-electron chi connectivity index (χ0n) is 7.87. The molecule has 0 fully saturated rings. The number of nitrogens with zero attached hydrogens (tertiary/aromatic N) is 1. The quantitative estimate of drug-likeness (QED) is 0.214. The van der Waals surface area contributed by atoms with E-state index < -0.39 is 5.97 Å². The Balaban J connectivity index is 3.95. The van der Waals surface area contributed by atoms with E-state index in [1.54, 1.807) is 6.07 Å². The summed E-state index contributed by atoms with van der Waals surface area (Å²) in [5.41, 5.74) is -0.0152. The Hall–Kier alpha value is -1.34. The van der Waals surface area contributed by atoms with E-state index >= 15 is 0 Å². The molecular weight excluding hydrogens is 170 g/mol. The molecule has 0 heterocycles. The standard InChI is InChI=1S/C9H13NO3/c1-3-5-8(7-10)9(11)13-12-6-4-2/h5H,3-4,6H2,1-2H3. The van der Waals surface area contributed by atoms with E-state index in [1.807, 2.05) is 13.8 Å².